The van der Waals surface area contributed by atoms with Crippen molar-refractivity contribution in [1.29, 1.82) is 0 Å². The smallest absolute Gasteiger partial charge is 0.119 e. The fraction of sp³-hybridized carbons (Fsp3) is 0.647. The molecule has 0 amide bonds. The summed E-state index contributed by atoms with van der Waals surface area (Å²) in [6.07, 6.45) is 4.14. The largest absolute Gasteiger partial charge is 0.497 e. The van der Waals surface area contributed by atoms with Crippen LogP contribution in [0.3, 0.4) is 0 Å². The normalized spacial score (nSPS) is 28.9. The Morgan fingerprint density at radius 1 is 1.21 bits per heavy atom. The molecule has 2 heteroatoms. The standard InChI is InChI=1S/C17H26O2/c1-12-7-13(2)9-15(8-12)17(18)11-14-5-4-6-16(10-14)19-3/h4-6,10,12-13,15,17-18H,7-9,11H2,1-3H3. The first-order valence-electron chi connectivity index (χ1n) is 7.39. The van der Waals surface area contributed by atoms with Crippen molar-refractivity contribution >= 4 is 0 Å². The van der Waals surface area contributed by atoms with Crippen molar-refractivity contribution in [1.82, 2.24) is 0 Å². The van der Waals surface area contributed by atoms with Crippen LogP contribution in [0, 0.1) is 17.8 Å². The Morgan fingerprint density at radius 2 is 1.89 bits per heavy atom. The molecule has 3 unspecified atom stereocenters. The topological polar surface area (TPSA) is 29.5 Å². The molecule has 1 aliphatic carbocycles. The fourth-order valence-corrected chi connectivity index (χ4v) is 3.53. The third-order valence-electron chi connectivity index (χ3n) is 4.34. The molecule has 1 aliphatic rings. The van der Waals surface area contributed by atoms with Gasteiger partial charge >= 0.3 is 0 Å². The molecule has 106 valence electrons. The summed E-state index contributed by atoms with van der Waals surface area (Å²) in [5, 5.41) is 10.5. The molecular formula is C17H26O2. The molecule has 19 heavy (non-hydrogen) atoms. The Hall–Kier alpha value is -1.02. The molecule has 2 rings (SSSR count). The summed E-state index contributed by atoms with van der Waals surface area (Å²) in [4.78, 5) is 0. The Morgan fingerprint density at radius 3 is 2.53 bits per heavy atom. The summed E-state index contributed by atoms with van der Waals surface area (Å²) in [5.74, 6) is 2.81. The second-order valence-electron chi connectivity index (χ2n) is 6.30. The molecule has 1 N–H and O–H groups in total. The van der Waals surface area contributed by atoms with Crippen molar-refractivity contribution in [3.63, 3.8) is 0 Å². The molecule has 1 aromatic carbocycles. The van der Waals surface area contributed by atoms with E-state index in [9.17, 15) is 5.11 Å². The second kappa shape index (κ2) is 6.42. The van der Waals surface area contributed by atoms with E-state index in [1.54, 1.807) is 7.11 Å². The van der Waals surface area contributed by atoms with Crippen molar-refractivity contribution in [3.05, 3.63) is 29.8 Å². The second-order valence-corrected chi connectivity index (χ2v) is 6.30. The van der Waals surface area contributed by atoms with Gasteiger partial charge in [0.1, 0.15) is 5.75 Å². The fourth-order valence-electron chi connectivity index (χ4n) is 3.53. The monoisotopic (exact) mass is 262 g/mol. The number of rotatable bonds is 4. The third kappa shape index (κ3) is 3.97. The third-order valence-corrected chi connectivity index (χ3v) is 4.34. The first-order valence-corrected chi connectivity index (χ1v) is 7.39. The average Bonchev–Trinajstić information content (AvgIpc) is 2.37. The molecule has 0 spiro atoms. The van der Waals surface area contributed by atoms with E-state index in [0.29, 0.717) is 5.92 Å². The van der Waals surface area contributed by atoms with Gasteiger partial charge in [0.15, 0.2) is 0 Å². The molecule has 3 atom stereocenters. The minimum absolute atomic E-state index is 0.225. The molecule has 0 aliphatic heterocycles. The van der Waals surface area contributed by atoms with Crippen LogP contribution >= 0.6 is 0 Å². The lowest BCUT2D eigenvalue weighted by atomic mass is 9.73. The van der Waals surface area contributed by atoms with E-state index in [-0.39, 0.29) is 6.10 Å². The first-order chi connectivity index (χ1) is 9.08. The zero-order chi connectivity index (χ0) is 13.8. The van der Waals surface area contributed by atoms with Crippen LogP contribution in [-0.2, 0) is 6.42 Å². The van der Waals surface area contributed by atoms with Crippen LogP contribution in [0.4, 0.5) is 0 Å². The summed E-state index contributed by atoms with van der Waals surface area (Å²) in [6, 6.07) is 8.04. The Kier molecular flexibility index (Phi) is 4.87. The van der Waals surface area contributed by atoms with Gasteiger partial charge in [0.25, 0.3) is 0 Å². The van der Waals surface area contributed by atoms with Gasteiger partial charge in [-0.15, -0.1) is 0 Å². The van der Waals surface area contributed by atoms with E-state index < -0.39 is 0 Å². The minimum atomic E-state index is -0.225. The van der Waals surface area contributed by atoms with Gasteiger partial charge < -0.3 is 9.84 Å². The van der Waals surface area contributed by atoms with Gasteiger partial charge in [0.2, 0.25) is 0 Å². The predicted octanol–water partition coefficient (Wildman–Crippen LogP) is 3.67. The maximum absolute atomic E-state index is 10.5. The highest BCUT2D eigenvalue weighted by Gasteiger charge is 2.28. The molecule has 1 saturated carbocycles. The van der Waals surface area contributed by atoms with Crippen LogP contribution in [0.2, 0.25) is 0 Å². The quantitative estimate of drug-likeness (QED) is 0.897. The van der Waals surface area contributed by atoms with E-state index in [1.807, 2.05) is 18.2 Å². The zero-order valence-corrected chi connectivity index (χ0v) is 12.3. The van der Waals surface area contributed by atoms with E-state index in [0.717, 1.165) is 42.4 Å². The highest BCUT2D eigenvalue weighted by atomic mass is 16.5. The van der Waals surface area contributed by atoms with Crippen molar-refractivity contribution in [3.8, 4) is 5.75 Å². The van der Waals surface area contributed by atoms with Gasteiger partial charge in [0, 0.05) is 0 Å². The number of aliphatic hydroxyl groups excluding tert-OH is 1. The number of hydrogen-bond acceptors (Lipinski definition) is 2. The number of benzene rings is 1. The number of hydrogen-bond donors (Lipinski definition) is 1. The summed E-state index contributed by atoms with van der Waals surface area (Å²) in [5.41, 5.74) is 1.16. The summed E-state index contributed by atoms with van der Waals surface area (Å²) in [6.45, 7) is 4.61. The van der Waals surface area contributed by atoms with Gasteiger partial charge in [-0.05, 0) is 61.1 Å². The van der Waals surface area contributed by atoms with E-state index >= 15 is 0 Å². The number of ether oxygens (including phenoxy) is 1. The zero-order valence-electron chi connectivity index (χ0n) is 12.3. The van der Waals surface area contributed by atoms with E-state index in [2.05, 4.69) is 19.9 Å². The lowest BCUT2D eigenvalue weighted by molar-refractivity contribution is 0.0561. The summed E-state index contributed by atoms with van der Waals surface area (Å²) >= 11 is 0. The van der Waals surface area contributed by atoms with Gasteiger partial charge in [0.05, 0.1) is 13.2 Å². The minimum Gasteiger partial charge on any atom is -0.497 e. The number of aliphatic hydroxyl groups is 1. The van der Waals surface area contributed by atoms with Crippen LogP contribution in [0.5, 0.6) is 5.75 Å². The van der Waals surface area contributed by atoms with Crippen LogP contribution in [-0.4, -0.2) is 18.3 Å². The molecule has 1 aromatic rings. The maximum atomic E-state index is 10.5. The summed E-state index contributed by atoms with van der Waals surface area (Å²) < 4.78 is 5.23. The number of methoxy groups -OCH3 is 1. The molecule has 0 heterocycles. The highest BCUT2D eigenvalue weighted by molar-refractivity contribution is 5.28. The first kappa shape index (κ1) is 14.4. The predicted molar refractivity (Wildman–Crippen MR) is 78.4 cm³/mol. The molecule has 0 bridgehead atoms. The van der Waals surface area contributed by atoms with Crippen LogP contribution in [0.15, 0.2) is 24.3 Å². The van der Waals surface area contributed by atoms with Gasteiger partial charge in [-0.3, -0.25) is 0 Å². The van der Waals surface area contributed by atoms with E-state index in [1.165, 1.54) is 6.42 Å². The van der Waals surface area contributed by atoms with Crippen molar-refractivity contribution in [2.75, 3.05) is 7.11 Å². The van der Waals surface area contributed by atoms with E-state index in [4.69, 9.17) is 4.74 Å². The molecule has 0 aromatic heterocycles. The lowest BCUT2D eigenvalue weighted by Crippen LogP contribution is -2.30. The van der Waals surface area contributed by atoms with Gasteiger partial charge in [-0.2, -0.15) is 0 Å². The van der Waals surface area contributed by atoms with Crippen molar-refractivity contribution < 1.29 is 9.84 Å². The molecular weight excluding hydrogens is 236 g/mol. The Bertz CT molecular complexity index is 392. The Labute approximate surface area is 116 Å². The Balaban J connectivity index is 1.97. The van der Waals surface area contributed by atoms with Crippen molar-refractivity contribution in [2.45, 2.75) is 45.6 Å². The van der Waals surface area contributed by atoms with Crippen LogP contribution in [0.1, 0.15) is 38.7 Å². The molecule has 0 saturated heterocycles. The molecule has 1 fully saturated rings. The highest BCUT2D eigenvalue weighted by Crippen LogP contribution is 2.35. The molecule has 2 nitrogen and oxygen atoms in total. The summed E-state index contributed by atoms with van der Waals surface area (Å²) in [7, 11) is 1.68. The maximum Gasteiger partial charge on any atom is 0.119 e. The average molecular weight is 262 g/mol. The lowest BCUT2D eigenvalue weighted by Gasteiger charge is -2.34. The van der Waals surface area contributed by atoms with Crippen molar-refractivity contribution in [2.24, 2.45) is 17.8 Å². The van der Waals surface area contributed by atoms with Crippen LogP contribution in [0.25, 0.3) is 0 Å². The SMILES string of the molecule is COc1cccc(CC(O)C2CC(C)CC(C)C2)c1. The van der Waals surface area contributed by atoms with Crippen LogP contribution < -0.4 is 4.74 Å². The molecule has 0 radical (unpaired) electrons. The van der Waals surface area contributed by atoms with Gasteiger partial charge in [-0.1, -0.05) is 26.0 Å². The van der Waals surface area contributed by atoms with Gasteiger partial charge in [-0.25, -0.2) is 0 Å².